The second-order valence-electron chi connectivity index (χ2n) is 9.62. The Balaban J connectivity index is 1.43. The van der Waals surface area contributed by atoms with E-state index in [1.807, 2.05) is 13.8 Å². The number of ether oxygens (including phenoxy) is 3. The maximum absolute atomic E-state index is 12.9. The third-order valence-electron chi connectivity index (χ3n) is 6.71. The van der Waals surface area contributed by atoms with Crippen LogP contribution < -0.4 is 9.47 Å². The molecule has 5 heteroatoms. The van der Waals surface area contributed by atoms with Crippen LogP contribution in [0.15, 0.2) is 72.8 Å². The van der Waals surface area contributed by atoms with Gasteiger partial charge in [-0.25, -0.2) is 9.59 Å². The zero-order chi connectivity index (χ0) is 27.4. The van der Waals surface area contributed by atoms with Gasteiger partial charge in [-0.2, -0.15) is 0 Å². The number of carbonyl (C=O) groups is 2. The molecule has 4 rings (SSSR count). The molecule has 0 spiro atoms. The number of rotatable bonds is 7. The van der Waals surface area contributed by atoms with E-state index in [4.69, 9.17) is 14.2 Å². The molecule has 194 valence electrons. The zero-order valence-electron chi connectivity index (χ0n) is 22.7. The largest absolute Gasteiger partial charge is 0.465 e. The van der Waals surface area contributed by atoms with Gasteiger partial charge in [0.1, 0.15) is 17.2 Å². The number of carbonyl (C=O) groups excluding carboxylic acids is 2. The van der Waals surface area contributed by atoms with Crippen molar-refractivity contribution in [3.05, 3.63) is 123 Å². The number of methoxy groups -OCH3 is 1. The van der Waals surface area contributed by atoms with Crippen molar-refractivity contribution in [2.45, 2.75) is 41.0 Å². The highest BCUT2D eigenvalue weighted by molar-refractivity contribution is 5.91. The molecule has 0 aliphatic carbocycles. The highest BCUT2D eigenvalue weighted by Crippen LogP contribution is 2.28. The van der Waals surface area contributed by atoms with Gasteiger partial charge in [0, 0.05) is 0 Å². The predicted octanol–water partition coefficient (Wildman–Crippen LogP) is 7.62. The summed E-state index contributed by atoms with van der Waals surface area (Å²) < 4.78 is 16.3. The van der Waals surface area contributed by atoms with Gasteiger partial charge < -0.3 is 14.2 Å². The molecule has 4 aromatic rings. The Bertz CT molecular complexity index is 1440. The SMILES string of the molecule is COC(=O)c1ccc(Oc2ccc(C(=O)Oc3c(C)cc(Cc4cc(C)c(C)c(C)c4)cc3C)cc2)cc1. The van der Waals surface area contributed by atoms with Crippen LogP contribution in [0.3, 0.4) is 0 Å². The van der Waals surface area contributed by atoms with Crippen molar-refractivity contribution in [1.82, 2.24) is 0 Å². The molecule has 0 fully saturated rings. The van der Waals surface area contributed by atoms with Crippen LogP contribution in [0.2, 0.25) is 0 Å². The summed E-state index contributed by atoms with van der Waals surface area (Å²) in [5.74, 6) is 0.876. The van der Waals surface area contributed by atoms with Crippen molar-refractivity contribution >= 4 is 11.9 Å². The van der Waals surface area contributed by atoms with Crippen molar-refractivity contribution < 1.29 is 23.8 Å². The number of esters is 2. The Morgan fingerprint density at radius 1 is 0.605 bits per heavy atom. The zero-order valence-corrected chi connectivity index (χ0v) is 22.7. The lowest BCUT2D eigenvalue weighted by Crippen LogP contribution is -2.10. The summed E-state index contributed by atoms with van der Waals surface area (Å²) in [5, 5.41) is 0. The summed E-state index contributed by atoms with van der Waals surface area (Å²) in [5.41, 5.74) is 9.09. The fourth-order valence-electron chi connectivity index (χ4n) is 4.49. The van der Waals surface area contributed by atoms with Crippen molar-refractivity contribution in [1.29, 1.82) is 0 Å². The molecular formula is C33H32O5. The summed E-state index contributed by atoms with van der Waals surface area (Å²) in [6.07, 6.45) is 0.824. The lowest BCUT2D eigenvalue weighted by molar-refractivity contribution is 0.0600. The third-order valence-corrected chi connectivity index (χ3v) is 6.71. The Hall–Kier alpha value is -4.38. The minimum Gasteiger partial charge on any atom is -0.465 e. The quantitative estimate of drug-likeness (QED) is 0.190. The molecule has 0 amide bonds. The average Bonchev–Trinajstić information content (AvgIpc) is 2.89. The van der Waals surface area contributed by atoms with Crippen molar-refractivity contribution in [3.63, 3.8) is 0 Å². The number of benzene rings is 4. The summed E-state index contributed by atoms with van der Waals surface area (Å²) in [7, 11) is 1.34. The van der Waals surface area contributed by atoms with Gasteiger partial charge in [-0.15, -0.1) is 0 Å². The van der Waals surface area contributed by atoms with Crippen molar-refractivity contribution in [2.24, 2.45) is 0 Å². The van der Waals surface area contributed by atoms with Gasteiger partial charge in [0.05, 0.1) is 18.2 Å². The lowest BCUT2D eigenvalue weighted by Gasteiger charge is -2.14. The molecule has 0 aromatic heterocycles. The lowest BCUT2D eigenvalue weighted by atomic mass is 9.95. The van der Waals surface area contributed by atoms with Crippen LogP contribution in [0.25, 0.3) is 0 Å². The minimum absolute atomic E-state index is 0.407. The first-order valence-corrected chi connectivity index (χ1v) is 12.5. The van der Waals surface area contributed by atoms with E-state index in [0.717, 1.165) is 17.5 Å². The van der Waals surface area contributed by atoms with E-state index >= 15 is 0 Å². The molecule has 0 heterocycles. The van der Waals surface area contributed by atoms with Crippen LogP contribution >= 0.6 is 0 Å². The van der Waals surface area contributed by atoms with E-state index in [9.17, 15) is 9.59 Å². The van der Waals surface area contributed by atoms with Crippen LogP contribution in [0.1, 0.15) is 59.7 Å². The maximum atomic E-state index is 12.9. The Kier molecular flexibility index (Phi) is 7.96. The molecule has 4 aromatic carbocycles. The number of hydrogen-bond acceptors (Lipinski definition) is 5. The predicted molar refractivity (Wildman–Crippen MR) is 149 cm³/mol. The Morgan fingerprint density at radius 2 is 1.03 bits per heavy atom. The number of hydrogen-bond donors (Lipinski definition) is 0. The van der Waals surface area contributed by atoms with Crippen molar-refractivity contribution in [2.75, 3.05) is 7.11 Å². The molecule has 0 atom stereocenters. The summed E-state index contributed by atoms with van der Waals surface area (Å²) in [6.45, 7) is 10.4. The van der Waals surface area contributed by atoms with E-state index < -0.39 is 11.9 Å². The molecule has 0 aliphatic heterocycles. The normalized spacial score (nSPS) is 10.7. The van der Waals surface area contributed by atoms with E-state index in [1.54, 1.807) is 48.5 Å². The van der Waals surface area contributed by atoms with E-state index in [1.165, 1.54) is 34.9 Å². The molecule has 5 nitrogen and oxygen atoms in total. The molecule has 0 aliphatic rings. The summed E-state index contributed by atoms with van der Waals surface area (Å²) >= 11 is 0. The topological polar surface area (TPSA) is 61.8 Å². The second-order valence-corrected chi connectivity index (χ2v) is 9.62. The molecular weight excluding hydrogens is 476 g/mol. The first-order valence-electron chi connectivity index (χ1n) is 12.5. The Labute approximate surface area is 224 Å². The average molecular weight is 509 g/mol. The van der Waals surface area contributed by atoms with Crippen LogP contribution in [0.5, 0.6) is 17.2 Å². The minimum atomic E-state index is -0.428. The van der Waals surface area contributed by atoms with Gasteiger partial charge in [0.2, 0.25) is 0 Å². The maximum Gasteiger partial charge on any atom is 0.343 e. The summed E-state index contributed by atoms with van der Waals surface area (Å²) in [6, 6.07) is 22.0. The first-order chi connectivity index (χ1) is 18.1. The molecule has 38 heavy (non-hydrogen) atoms. The molecule has 0 unspecified atom stereocenters. The fraction of sp³-hybridized carbons (Fsp3) is 0.212. The van der Waals surface area contributed by atoms with Crippen molar-refractivity contribution in [3.8, 4) is 17.2 Å². The van der Waals surface area contributed by atoms with Crippen LogP contribution in [-0.4, -0.2) is 19.0 Å². The van der Waals surface area contributed by atoms with Gasteiger partial charge in [0.15, 0.2) is 0 Å². The monoisotopic (exact) mass is 508 g/mol. The molecule has 0 N–H and O–H groups in total. The highest BCUT2D eigenvalue weighted by atomic mass is 16.5. The van der Waals surface area contributed by atoms with Crippen LogP contribution in [0, 0.1) is 34.6 Å². The van der Waals surface area contributed by atoms with Gasteiger partial charge in [-0.1, -0.05) is 24.3 Å². The van der Waals surface area contributed by atoms with E-state index in [0.29, 0.717) is 28.4 Å². The standard InChI is InChI=1S/C33H32O5/c1-20-15-25(16-21(2)24(20)5)19-26-17-22(3)31(23(4)18-26)38-33(35)28-9-13-30(14-10-28)37-29-11-7-27(8-12-29)32(34)36-6/h7-18H,19H2,1-6H3. The molecule has 0 bridgehead atoms. The van der Waals surface area contributed by atoms with E-state index in [2.05, 4.69) is 45.0 Å². The van der Waals surface area contributed by atoms with E-state index in [-0.39, 0.29) is 0 Å². The van der Waals surface area contributed by atoms with Crippen LogP contribution in [-0.2, 0) is 11.2 Å². The second kappa shape index (κ2) is 11.3. The fourth-order valence-corrected chi connectivity index (χ4v) is 4.49. The van der Waals surface area contributed by atoms with Gasteiger partial charge in [0.25, 0.3) is 0 Å². The summed E-state index contributed by atoms with van der Waals surface area (Å²) in [4.78, 5) is 24.5. The molecule has 0 saturated heterocycles. The Morgan fingerprint density at radius 3 is 1.47 bits per heavy atom. The van der Waals surface area contributed by atoms with Gasteiger partial charge >= 0.3 is 11.9 Å². The number of aryl methyl sites for hydroxylation is 4. The van der Waals surface area contributed by atoms with Gasteiger partial charge in [-0.3, -0.25) is 0 Å². The molecule has 0 radical (unpaired) electrons. The first kappa shape index (κ1) is 26.7. The smallest absolute Gasteiger partial charge is 0.343 e. The highest BCUT2D eigenvalue weighted by Gasteiger charge is 2.15. The third kappa shape index (κ3) is 6.12. The molecule has 0 saturated carbocycles. The van der Waals surface area contributed by atoms with Crippen LogP contribution in [0.4, 0.5) is 0 Å². The van der Waals surface area contributed by atoms with Gasteiger partial charge in [-0.05, 0) is 129 Å².